The van der Waals surface area contributed by atoms with Crippen molar-refractivity contribution < 1.29 is 20.1 Å². The van der Waals surface area contributed by atoms with Crippen LogP contribution < -0.4 is 5.19 Å². The Bertz CT molecular complexity index is 2180. The quantitative estimate of drug-likeness (QED) is 0.127. The van der Waals surface area contributed by atoms with Crippen LogP contribution in [0.25, 0.3) is 53.8 Å². The number of fused-ring (bicyclic) bond motifs is 3. The maximum atomic E-state index is 4.68. The van der Waals surface area contributed by atoms with E-state index >= 15 is 0 Å². The number of nitrogens with zero attached hydrogens (tertiary/aromatic N) is 2. The molecule has 0 aliphatic heterocycles. The molecular formula is C44H44IrN2SSi-2. The fourth-order valence-corrected chi connectivity index (χ4v) is 8.98. The number of pyridine rings is 2. The average Bonchev–Trinajstić information content (AvgIpc) is 3.46. The second-order valence-electron chi connectivity index (χ2n) is 14.8. The van der Waals surface area contributed by atoms with Gasteiger partial charge >= 0.3 is 0 Å². The maximum Gasteiger partial charge on any atom is 0.0799 e. The van der Waals surface area contributed by atoms with Crippen LogP contribution in [0.3, 0.4) is 0 Å². The molecular weight excluding hydrogens is 809 g/mol. The third-order valence-electron chi connectivity index (χ3n) is 8.77. The third kappa shape index (κ3) is 8.19. The molecule has 251 valence electrons. The van der Waals surface area contributed by atoms with Crippen LogP contribution in [-0.4, -0.2) is 18.0 Å². The van der Waals surface area contributed by atoms with Crippen molar-refractivity contribution in [1.29, 1.82) is 0 Å². The first-order valence-electron chi connectivity index (χ1n) is 16.8. The Hall–Kier alpha value is -3.73. The molecule has 4 aromatic carbocycles. The monoisotopic (exact) mass is 853 g/mol. The first-order valence-corrected chi connectivity index (χ1v) is 21.1. The Morgan fingerprint density at radius 3 is 2.14 bits per heavy atom. The van der Waals surface area contributed by atoms with Gasteiger partial charge in [0.05, 0.1) is 8.07 Å². The van der Waals surface area contributed by atoms with Crippen molar-refractivity contribution in [3.8, 4) is 33.6 Å². The van der Waals surface area contributed by atoms with Crippen LogP contribution in [0.1, 0.15) is 51.7 Å². The Balaban J connectivity index is 0.000000205. The maximum absolute atomic E-state index is 4.68. The van der Waals surface area contributed by atoms with Gasteiger partial charge in [-0.2, -0.15) is 11.3 Å². The predicted octanol–water partition coefficient (Wildman–Crippen LogP) is 12.1. The molecule has 7 rings (SSSR count). The second kappa shape index (κ2) is 15.0. The topological polar surface area (TPSA) is 25.8 Å². The molecule has 3 aromatic heterocycles. The molecule has 0 spiro atoms. The molecule has 3 heterocycles. The Morgan fingerprint density at radius 2 is 1.47 bits per heavy atom. The average molecular weight is 853 g/mol. The number of thiophene rings is 1. The normalized spacial score (nSPS) is 11.7. The third-order valence-corrected chi connectivity index (χ3v) is 12.0. The van der Waals surface area contributed by atoms with Gasteiger partial charge < -0.3 is 9.97 Å². The molecule has 5 heteroatoms. The van der Waals surface area contributed by atoms with E-state index in [9.17, 15) is 0 Å². The molecule has 0 N–H and O–H groups in total. The standard InChI is InChI=1S/C27H22NS.C17H22NSi.Ir/c1-27(2,3)20-14-15-28-24(17-20)23-11-7-10-22-21-13-12-19(16-25(21)29-26(22)23)18-8-5-4-6-9-18;1-13(2)15-11-16(14-9-7-6-8-10-14)18-12-17(15)19(3,4)5;/h4-10,12-17H,1-3H3;6-9,11-13H,1-5H3;/q2*-1;. The molecule has 49 heavy (non-hydrogen) atoms. The first kappa shape index (κ1) is 36.5. The summed E-state index contributed by atoms with van der Waals surface area (Å²) in [5.74, 6) is 0.534. The number of aromatic nitrogens is 2. The van der Waals surface area contributed by atoms with Crippen molar-refractivity contribution in [2.24, 2.45) is 0 Å². The summed E-state index contributed by atoms with van der Waals surface area (Å²) >= 11 is 1.83. The van der Waals surface area contributed by atoms with Gasteiger partial charge in [-0.1, -0.05) is 120 Å². The number of hydrogen-bond acceptors (Lipinski definition) is 3. The summed E-state index contributed by atoms with van der Waals surface area (Å²) in [6, 6.07) is 42.9. The fourth-order valence-electron chi connectivity index (χ4n) is 6.05. The van der Waals surface area contributed by atoms with Gasteiger partial charge in [0.1, 0.15) is 0 Å². The van der Waals surface area contributed by atoms with Gasteiger partial charge in [-0.05, 0) is 66.8 Å². The van der Waals surface area contributed by atoms with Gasteiger partial charge in [0, 0.05) is 37.2 Å². The van der Waals surface area contributed by atoms with E-state index in [1.807, 2.05) is 41.8 Å². The number of rotatable bonds is 5. The van der Waals surface area contributed by atoms with Crippen molar-refractivity contribution in [2.45, 2.75) is 65.6 Å². The van der Waals surface area contributed by atoms with E-state index in [0.717, 1.165) is 22.5 Å². The van der Waals surface area contributed by atoms with Gasteiger partial charge in [0.15, 0.2) is 0 Å². The van der Waals surface area contributed by atoms with Crippen molar-refractivity contribution in [3.63, 3.8) is 0 Å². The van der Waals surface area contributed by atoms with E-state index in [0.29, 0.717) is 5.92 Å². The minimum absolute atomic E-state index is 0. The van der Waals surface area contributed by atoms with E-state index in [2.05, 4.69) is 161 Å². The van der Waals surface area contributed by atoms with Crippen molar-refractivity contribution in [3.05, 3.63) is 139 Å². The summed E-state index contributed by atoms with van der Waals surface area (Å²) in [5.41, 5.74) is 9.53. The molecule has 0 bridgehead atoms. The van der Waals surface area contributed by atoms with E-state index in [4.69, 9.17) is 0 Å². The predicted molar refractivity (Wildman–Crippen MR) is 211 cm³/mol. The summed E-state index contributed by atoms with van der Waals surface area (Å²) in [4.78, 5) is 9.35. The van der Waals surface area contributed by atoms with Gasteiger partial charge in [0.25, 0.3) is 0 Å². The van der Waals surface area contributed by atoms with E-state index < -0.39 is 8.07 Å². The summed E-state index contributed by atoms with van der Waals surface area (Å²) in [6.45, 7) is 18.4. The molecule has 0 aliphatic carbocycles. The second-order valence-corrected chi connectivity index (χ2v) is 20.9. The number of benzene rings is 4. The smallest absolute Gasteiger partial charge is 0.0799 e. The fraction of sp³-hybridized carbons (Fsp3) is 0.227. The van der Waals surface area contributed by atoms with Crippen molar-refractivity contribution in [2.75, 3.05) is 0 Å². The van der Waals surface area contributed by atoms with E-state index in [-0.39, 0.29) is 25.5 Å². The van der Waals surface area contributed by atoms with Gasteiger partial charge in [0.2, 0.25) is 0 Å². The SMILES string of the molecule is CC(C)(C)c1ccnc(-c2[c-]ccc3c2sc2cc(-c4ccccc4)ccc23)c1.CC(C)c1cc(-c2[c-]cccc2)ncc1[Si](C)(C)C.[Ir]. The molecule has 1 radical (unpaired) electrons. The van der Waals surface area contributed by atoms with E-state index in [1.165, 1.54) is 47.6 Å². The molecule has 0 aliphatic rings. The van der Waals surface area contributed by atoms with Crippen LogP contribution in [-0.2, 0) is 25.5 Å². The van der Waals surface area contributed by atoms with Crippen LogP contribution in [0.5, 0.6) is 0 Å². The molecule has 7 aromatic rings. The first-order chi connectivity index (χ1) is 22.9. The van der Waals surface area contributed by atoms with Crippen LogP contribution in [0.15, 0.2) is 116 Å². The zero-order valence-electron chi connectivity index (χ0n) is 29.7. The summed E-state index contributed by atoms with van der Waals surface area (Å²) in [5, 5.41) is 4.05. The molecule has 2 nitrogen and oxygen atoms in total. The Kier molecular flexibility index (Phi) is 11.2. The number of hydrogen-bond donors (Lipinski definition) is 0. The van der Waals surface area contributed by atoms with Gasteiger partial charge in [-0.3, -0.25) is 0 Å². The minimum atomic E-state index is -1.34. The van der Waals surface area contributed by atoms with Gasteiger partial charge in [-0.25, -0.2) is 0 Å². The Labute approximate surface area is 311 Å². The van der Waals surface area contributed by atoms with Crippen LogP contribution in [0, 0.1) is 12.1 Å². The molecule has 0 unspecified atom stereocenters. The minimum Gasteiger partial charge on any atom is -0.305 e. The summed E-state index contributed by atoms with van der Waals surface area (Å²) < 4.78 is 2.56. The van der Waals surface area contributed by atoms with E-state index in [1.54, 1.807) is 0 Å². The van der Waals surface area contributed by atoms with Crippen LogP contribution >= 0.6 is 11.3 Å². The van der Waals surface area contributed by atoms with Crippen LogP contribution in [0.4, 0.5) is 0 Å². The van der Waals surface area contributed by atoms with Crippen molar-refractivity contribution in [1.82, 2.24) is 9.97 Å². The molecule has 0 atom stereocenters. The summed E-state index contributed by atoms with van der Waals surface area (Å²) in [6.07, 6.45) is 4.02. The molecule has 0 saturated carbocycles. The molecule has 0 fully saturated rings. The largest absolute Gasteiger partial charge is 0.305 e. The van der Waals surface area contributed by atoms with Crippen LogP contribution in [0.2, 0.25) is 19.6 Å². The zero-order chi connectivity index (χ0) is 34.1. The Morgan fingerprint density at radius 1 is 0.714 bits per heavy atom. The molecule has 0 amide bonds. The van der Waals surface area contributed by atoms with Crippen molar-refractivity contribution >= 4 is 44.8 Å². The summed E-state index contributed by atoms with van der Waals surface area (Å²) in [7, 11) is -1.34. The zero-order valence-corrected chi connectivity index (χ0v) is 33.9. The van der Waals surface area contributed by atoms with Gasteiger partial charge in [-0.15, -0.1) is 59.7 Å². The molecule has 0 saturated heterocycles.